The molecule has 4 heteroatoms. The minimum Gasteiger partial charge on any atom is -0.492 e. The van der Waals surface area contributed by atoms with Crippen LogP contribution in [0.25, 0.3) is 16.9 Å². The fourth-order valence-corrected chi connectivity index (χ4v) is 1.99. The maximum Gasteiger partial charge on any atom is 0.238 e. The molecule has 0 saturated heterocycles. The average Bonchev–Trinajstić information content (AvgIpc) is 2.66. The third-order valence-electron chi connectivity index (χ3n) is 2.63. The van der Waals surface area contributed by atoms with Crippen LogP contribution < -0.4 is 0 Å². The molecule has 0 radical (unpaired) electrons. The number of halogens is 1. The average molecular weight is 245 g/mol. The van der Waals surface area contributed by atoms with Crippen molar-refractivity contribution in [3.05, 3.63) is 53.7 Å². The van der Waals surface area contributed by atoms with Gasteiger partial charge in [0.2, 0.25) is 5.88 Å². The van der Waals surface area contributed by atoms with Crippen LogP contribution >= 0.6 is 11.6 Å². The topological polar surface area (TPSA) is 37.5 Å². The Labute approximate surface area is 103 Å². The largest absolute Gasteiger partial charge is 0.492 e. The first-order chi connectivity index (χ1) is 8.25. The van der Waals surface area contributed by atoms with Gasteiger partial charge in [-0.3, -0.25) is 4.40 Å². The van der Waals surface area contributed by atoms with Gasteiger partial charge in [0.15, 0.2) is 0 Å². The second kappa shape index (κ2) is 3.79. The minimum atomic E-state index is 0.0264. The summed E-state index contributed by atoms with van der Waals surface area (Å²) in [4.78, 5) is 4.10. The first-order valence-corrected chi connectivity index (χ1v) is 5.55. The van der Waals surface area contributed by atoms with Crippen molar-refractivity contribution < 1.29 is 5.11 Å². The summed E-state index contributed by atoms with van der Waals surface area (Å²) in [6.45, 7) is 0. The summed E-state index contributed by atoms with van der Waals surface area (Å²) in [6, 6.07) is 12.9. The highest BCUT2D eigenvalue weighted by atomic mass is 35.5. The van der Waals surface area contributed by atoms with Crippen LogP contribution in [0.5, 0.6) is 5.88 Å². The van der Waals surface area contributed by atoms with Crippen molar-refractivity contribution in [2.75, 3.05) is 0 Å². The zero-order valence-corrected chi connectivity index (χ0v) is 9.59. The van der Waals surface area contributed by atoms with E-state index in [1.54, 1.807) is 12.1 Å². The highest BCUT2D eigenvalue weighted by molar-refractivity contribution is 6.30. The summed E-state index contributed by atoms with van der Waals surface area (Å²) in [5.74, 6) is 0.0264. The lowest BCUT2D eigenvalue weighted by Crippen LogP contribution is -1.86. The molecule has 0 saturated carbocycles. The van der Waals surface area contributed by atoms with Gasteiger partial charge >= 0.3 is 0 Å². The van der Waals surface area contributed by atoms with Gasteiger partial charge in [-0.1, -0.05) is 29.8 Å². The molecule has 0 bridgehead atoms. The number of hydrogen-bond acceptors (Lipinski definition) is 2. The van der Waals surface area contributed by atoms with Crippen LogP contribution in [-0.4, -0.2) is 14.5 Å². The molecule has 0 fully saturated rings. The number of aromatic nitrogens is 2. The second-order valence-electron chi connectivity index (χ2n) is 3.72. The van der Waals surface area contributed by atoms with E-state index in [0.29, 0.717) is 10.7 Å². The van der Waals surface area contributed by atoms with E-state index < -0.39 is 0 Å². The summed E-state index contributed by atoms with van der Waals surface area (Å²) in [5, 5.41) is 10.6. The first kappa shape index (κ1) is 10.2. The zero-order chi connectivity index (χ0) is 11.8. The normalized spacial score (nSPS) is 10.9. The number of pyridine rings is 1. The lowest BCUT2D eigenvalue weighted by molar-refractivity contribution is 0.459. The van der Waals surface area contributed by atoms with Crippen LogP contribution in [-0.2, 0) is 0 Å². The Hall–Kier alpha value is -2.00. The van der Waals surface area contributed by atoms with Crippen molar-refractivity contribution in [1.82, 2.24) is 9.38 Å². The molecule has 3 aromatic rings. The summed E-state index contributed by atoms with van der Waals surface area (Å²) >= 11 is 5.85. The smallest absolute Gasteiger partial charge is 0.238 e. The molecule has 2 heterocycles. The Morgan fingerprint density at radius 1 is 1.06 bits per heavy atom. The zero-order valence-electron chi connectivity index (χ0n) is 8.84. The third-order valence-corrected chi connectivity index (χ3v) is 2.88. The number of fused-ring (bicyclic) bond motifs is 1. The number of rotatable bonds is 1. The molecule has 2 aromatic heterocycles. The maximum absolute atomic E-state index is 9.89. The summed E-state index contributed by atoms with van der Waals surface area (Å²) < 4.78 is 1.85. The van der Waals surface area contributed by atoms with Gasteiger partial charge in [0, 0.05) is 16.8 Å². The fraction of sp³-hybridized carbons (Fsp3) is 0. The molecule has 17 heavy (non-hydrogen) atoms. The molecular weight excluding hydrogens is 236 g/mol. The highest BCUT2D eigenvalue weighted by Gasteiger charge is 2.12. The van der Waals surface area contributed by atoms with Crippen molar-refractivity contribution >= 4 is 17.2 Å². The molecule has 1 aromatic carbocycles. The Balaban J connectivity index is 2.29. The Kier molecular flexibility index (Phi) is 2.27. The van der Waals surface area contributed by atoms with Crippen molar-refractivity contribution in [2.24, 2.45) is 0 Å². The molecule has 84 valence electrons. The molecule has 0 aliphatic rings. The number of benzene rings is 1. The minimum absolute atomic E-state index is 0.0264. The van der Waals surface area contributed by atoms with E-state index in [4.69, 9.17) is 11.6 Å². The molecule has 0 amide bonds. The van der Waals surface area contributed by atoms with Crippen LogP contribution in [0.1, 0.15) is 0 Å². The monoisotopic (exact) mass is 244 g/mol. The van der Waals surface area contributed by atoms with Crippen LogP contribution in [0.2, 0.25) is 5.02 Å². The van der Waals surface area contributed by atoms with E-state index in [1.807, 2.05) is 40.9 Å². The van der Waals surface area contributed by atoms with Gasteiger partial charge in [-0.25, -0.2) is 0 Å². The fourth-order valence-electron chi connectivity index (χ4n) is 1.86. The van der Waals surface area contributed by atoms with Gasteiger partial charge in [-0.15, -0.1) is 0 Å². The molecule has 3 rings (SSSR count). The van der Waals surface area contributed by atoms with Gasteiger partial charge in [-0.05, 0) is 24.3 Å². The van der Waals surface area contributed by atoms with Crippen LogP contribution in [0.15, 0.2) is 48.7 Å². The maximum atomic E-state index is 9.89. The van der Waals surface area contributed by atoms with Gasteiger partial charge < -0.3 is 5.11 Å². The van der Waals surface area contributed by atoms with Crippen molar-refractivity contribution in [3.8, 4) is 17.1 Å². The first-order valence-electron chi connectivity index (χ1n) is 5.18. The molecule has 0 aliphatic carbocycles. The lowest BCUT2D eigenvalue weighted by atomic mass is 10.1. The van der Waals surface area contributed by atoms with E-state index in [0.717, 1.165) is 11.2 Å². The lowest BCUT2D eigenvalue weighted by Gasteiger charge is -2.02. The standard InChI is InChI=1S/C13H9ClN2O/c14-10-6-4-9(5-7-10)12-13(17)15-11-3-1-2-8-16(11)12/h1-8,17H. The summed E-state index contributed by atoms with van der Waals surface area (Å²) in [5.41, 5.74) is 2.28. The summed E-state index contributed by atoms with van der Waals surface area (Å²) in [7, 11) is 0. The second-order valence-corrected chi connectivity index (χ2v) is 4.16. The number of nitrogens with zero attached hydrogens (tertiary/aromatic N) is 2. The molecule has 0 aliphatic heterocycles. The Bertz CT molecular complexity index is 673. The van der Waals surface area contributed by atoms with Crippen LogP contribution in [0.4, 0.5) is 0 Å². The quantitative estimate of drug-likeness (QED) is 0.713. The molecule has 0 unspecified atom stereocenters. The van der Waals surface area contributed by atoms with Gasteiger partial charge in [0.25, 0.3) is 0 Å². The molecule has 1 N–H and O–H groups in total. The number of hydrogen-bond donors (Lipinski definition) is 1. The Morgan fingerprint density at radius 3 is 2.59 bits per heavy atom. The van der Waals surface area contributed by atoms with Crippen LogP contribution in [0, 0.1) is 0 Å². The van der Waals surface area contributed by atoms with E-state index in [1.165, 1.54) is 0 Å². The van der Waals surface area contributed by atoms with Gasteiger partial charge in [0.05, 0.1) is 0 Å². The SMILES string of the molecule is Oc1nc2ccccn2c1-c1ccc(Cl)cc1. The van der Waals surface area contributed by atoms with E-state index in [-0.39, 0.29) is 5.88 Å². The van der Waals surface area contributed by atoms with E-state index in [9.17, 15) is 5.11 Å². The van der Waals surface area contributed by atoms with E-state index >= 15 is 0 Å². The van der Waals surface area contributed by atoms with E-state index in [2.05, 4.69) is 4.98 Å². The van der Waals surface area contributed by atoms with Crippen molar-refractivity contribution in [2.45, 2.75) is 0 Å². The predicted molar refractivity (Wildman–Crippen MR) is 67.3 cm³/mol. The van der Waals surface area contributed by atoms with Crippen LogP contribution in [0.3, 0.4) is 0 Å². The predicted octanol–water partition coefficient (Wildman–Crippen LogP) is 3.36. The summed E-state index contributed by atoms with van der Waals surface area (Å²) in [6.07, 6.45) is 1.87. The Morgan fingerprint density at radius 2 is 1.82 bits per heavy atom. The third kappa shape index (κ3) is 1.65. The molecular formula is C13H9ClN2O. The van der Waals surface area contributed by atoms with Crippen molar-refractivity contribution in [1.29, 1.82) is 0 Å². The molecule has 0 atom stereocenters. The molecule has 3 nitrogen and oxygen atoms in total. The number of aromatic hydroxyl groups is 1. The number of imidazole rings is 1. The van der Waals surface area contributed by atoms with Gasteiger partial charge in [-0.2, -0.15) is 4.98 Å². The van der Waals surface area contributed by atoms with Gasteiger partial charge in [0.1, 0.15) is 11.3 Å². The highest BCUT2D eigenvalue weighted by Crippen LogP contribution is 2.30. The van der Waals surface area contributed by atoms with Crippen molar-refractivity contribution in [3.63, 3.8) is 0 Å². The molecule has 0 spiro atoms.